The van der Waals surface area contributed by atoms with Crippen molar-refractivity contribution in [2.45, 2.75) is 0 Å². The molecule has 0 aromatic heterocycles. The second-order valence-corrected chi connectivity index (χ2v) is 5.55. The topological polar surface area (TPSA) is 50.7 Å². The van der Waals surface area contributed by atoms with Gasteiger partial charge >= 0.3 is 0 Å². The molecule has 24 heavy (non-hydrogen) atoms. The van der Waals surface area contributed by atoms with E-state index < -0.39 is 0 Å². The Labute approximate surface area is 144 Å². The quantitative estimate of drug-likeness (QED) is 0.570. The first-order chi connectivity index (χ1) is 11.7. The number of rotatable bonds is 4. The number of amides is 1. The number of nitrogens with one attached hydrogen (secondary N) is 1. The Morgan fingerprint density at radius 3 is 2.75 bits per heavy atom. The maximum Gasteiger partial charge on any atom is 0.275 e. The lowest BCUT2D eigenvalue weighted by molar-refractivity contribution is 0.0952. The molecule has 0 saturated carbocycles. The zero-order valence-electron chi connectivity index (χ0n) is 13.0. The lowest BCUT2D eigenvalue weighted by Crippen LogP contribution is -2.18. The van der Waals surface area contributed by atoms with Gasteiger partial charge in [0.1, 0.15) is 5.75 Å². The van der Waals surface area contributed by atoms with E-state index in [0.29, 0.717) is 16.3 Å². The Morgan fingerprint density at radius 2 is 1.92 bits per heavy atom. The highest BCUT2D eigenvalue weighted by Gasteiger charge is 2.12. The van der Waals surface area contributed by atoms with E-state index in [-0.39, 0.29) is 5.91 Å². The SMILES string of the molecule is COc1ccc(Cl)cc1C(=O)NN=Cc1cccc2ccccc12. The monoisotopic (exact) mass is 338 g/mol. The van der Waals surface area contributed by atoms with Crippen LogP contribution in [0.3, 0.4) is 0 Å². The molecule has 120 valence electrons. The summed E-state index contributed by atoms with van der Waals surface area (Å²) in [5, 5.41) is 6.69. The predicted octanol–water partition coefficient (Wildman–Crippen LogP) is 4.27. The van der Waals surface area contributed by atoms with E-state index in [4.69, 9.17) is 16.3 Å². The van der Waals surface area contributed by atoms with E-state index in [1.807, 2.05) is 42.5 Å². The minimum absolute atomic E-state index is 0.333. The van der Waals surface area contributed by atoms with Crippen molar-refractivity contribution in [3.8, 4) is 5.75 Å². The Bertz CT molecular complexity index is 917. The minimum atomic E-state index is -0.383. The number of halogens is 1. The summed E-state index contributed by atoms with van der Waals surface area (Å²) < 4.78 is 5.17. The highest BCUT2D eigenvalue weighted by atomic mass is 35.5. The van der Waals surface area contributed by atoms with Gasteiger partial charge in [-0.1, -0.05) is 54.1 Å². The van der Waals surface area contributed by atoms with Crippen molar-refractivity contribution >= 4 is 34.5 Å². The predicted molar refractivity (Wildman–Crippen MR) is 97.0 cm³/mol. The molecule has 0 aliphatic heterocycles. The third-order valence-corrected chi connectivity index (χ3v) is 3.83. The van der Waals surface area contributed by atoms with Crippen molar-refractivity contribution in [1.29, 1.82) is 0 Å². The van der Waals surface area contributed by atoms with Crippen LogP contribution in [0.2, 0.25) is 5.02 Å². The lowest BCUT2D eigenvalue weighted by Gasteiger charge is -2.07. The second kappa shape index (κ2) is 7.15. The van der Waals surface area contributed by atoms with E-state index in [2.05, 4.69) is 10.5 Å². The summed E-state index contributed by atoms with van der Waals surface area (Å²) in [5.74, 6) is 0.0584. The summed E-state index contributed by atoms with van der Waals surface area (Å²) in [6.07, 6.45) is 1.62. The Morgan fingerprint density at radius 1 is 1.12 bits per heavy atom. The van der Waals surface area contributed by atoms with Gasteiger partial charge in [0, 0.05) is 10.6 Å². The van der Waals surface area contributed by atoms with Crippen LogP contribution in [0, 0.1) is 0 Å². The normalized spacial score (nSPS) is 10.9. The van der Waals surface area contributed by atoms with Crippen molar-refractivity contribution < 1.29 is 9.53 Å². The van der Waals surface area contributed by atoms with Gasteiger partial charge in [0.05, 0.1) is 18.9 Å². The molecule has 1 N–H and O–H groups in total. The molecule has 0 aliphatic carbocycles. The van der Waals surface area contributed by atoms with Gasteiger partial charge in [0.25, 0.3) is 5.91 Å². The summed E-state index contributed by atoms with van der Waals surface area (Å²) >= 11 is 5.94. The number of benzene rings is 3. The van der Waals surface area contributed by atoms with E-state index in [9.17, 15) is 4.79 Å². The molecule has 0 heterocycles. The van der Waals surface area contributed by atoms with Crippen molar-refractivity contribution in [3.05, 3.63) is 76.8 Å². The van der Waals surface area contributed by atoms with Crippen molar-refractivity contribution in [3.63, 3.8) is 0 Å². The lowest BCUT2D eigenvalue weighted by atomic mass is 10.1. The van der Waals surface area contributed by atoms with E-state index >= 15 is 0 Å². The average molecular weight is 339 g/mol. The van der Waals surface area contributed by atoms with Crippen LogP contribution in [0.5, 0.6) is 5.75 Å². The Hall–Kier alpha value is -2.85. The molecule has 0 aliphatic rings. The molecule has 0 spiro atoms. The minimum Gasteiger partial charge on any atom is -0.496 e. The van der Waals surface area contributed by atoms with E-state index in [1.165, 1.54) is 7.11 Å². The molecule has 0 bridgehead atoms. The molecule has 0 fully saturated rings. The number of nitrogens with zero attached hydrogens (tertiary/aromatic N) is 1. The van der Waals surface area contributed by atoms with Gasteiger partial charge in [0.2, 0.25) is 0 Å². The number of hydrogen-bond donors (Lipinski definition) is 1. The van der Waals surface area contributed by atoms with Crippen LogP contribution < -0.4 is 10.2 Å². The van der Waals surface area contributed by atoms with E-state index in [1.54, 1.807) is 24.4 Å². The maximum absolute atomic E-state index is 12.3. The first kappa shape index (κ1) is 16.0. The molecular weight excluding hydrogens is 324 g/mol. The van der Waals surface area contributed by atoms with Gasteiger partial charge < -0.3 is 4.74 Å². The van der Waals surface area contributed by atoms with Crippen LogP contribution in [0.4, 0.5) is 0 Å². The zero-order chi connectivity index (χ0) is 16.9. The van der Waals surface area contributed by atoms with Gasteiger partial charge in [-0.3, -0.25) is 4.79 Å². The highest BCUT2D eigenvalue weighted by molar-refractivity contribution is 6.31. The smallest absolute Gasteiger partial charge is 0.275 e. The number of methoxy groups -OCH3 is 1. The fourth-order valence-corrected chi connectivity index (χ4v) is 2.61. The zero-order valence-corrected chi connectivity index (χ0v) is 13.7. The molecule has 0 radical (unpaired) electrons. The maximum atomic E-state index is 12.3. The fraction of sp³-hybridized carbons (Fsp3) is 0.0526. The van der Waals surface area contributed by atoms with Gasteiger partial charge in [-0.15, -0.1) is 0 Å². The number of ether oxygens (including phenoxy) is 1. The van der Waals surface area contributed by atoms with Crippen molar-refractivity contribution in [2.75, 3.05) is 7.11 Å². The standard InChI is InChI=1S/C19H15ClN2O2/c1-24-18-10-9-15(20)11-17(18)19(23)22-21-12-14-7-4-6-13-5-2-3-8-16(13)14/h2-12H,1H3,(H,22,23). The van der Waals surface area contributed by atoms with Crippen LogP contribution in [0.1, 0.15) is 15.9 Å². The summed E-state index contributed by atoms with van der Waals surface area (Å²) in [7, 11) is 1.50. The number of carbonyl (C=O) groups excluding carboxylic acids is 1. The molecular formula is C19H15ClN2O2. The molecule has 3 aromatic rings. The first-order valence-corrected chi connectivity index (χ1v) is 7.71. The van der Waals surface area contributed by atoms with Crippen LogP contribution in [0.25, 0.3) is 10.8 Å². The van der Waals surface area contributed by atoms with Gasteiger partial charge in [-0.05, 0) is 29.0 Å². The van der Waals surface area contributed by atoms with Crippen LogP contribution in [0.15, 0.2) is 65.8 Å². The summed E-state index contributed by atoms with van der Waals surface area (Å²) in [6.45, 7) is 0. The molecule has 3 rings (SSSR count). The van der Waals surface area contributed by atoms with Gasteiger partial charge in [-0.2, -0.15) is 5.10 Å². The van der Waals surface area contributed by atoms with Crippen molar-refractivity contribution in [2.24, 2.45) is 5.10 Å². The molecule has 0 atom stereocenters. The molecule has 0 unspecified atom stereocenters. The van der Waals surface area contributed by atoms with Crippen LogP contribution in [-0.2, 0) is 0 Å². The van der Waals surface area contributed by atoms with Crippen LogP contribution >= 0.6 is 11.6 Å². The Kier molecular flexibility index (Phi) is 4.77. The summed E-state index contributed by atoms with van der Waals surface area (Å²) in [5.41, 5.74) is 3.76. The molecule has 0 saturated heterocycles. The number of fused-ring (bicyclic) bond motifs is 1. The fourth-order valence-electron chi connectivity index (χ4n) is 2.44. The molecule has 1 amide bonds. The Balaban J connectivity index is 1.81. The first-order valence-electron chi connectivity index (χ1n) is 7.34. The van der Waals surface area contributed by atoms with E-state index in [0.717, 1.165) is 16.3 Å². The third kappa shape index (κ3) is 3.39. The van der Waals surface area contributed by atoms with Crippen molar-refractivity contribution in [1.82, 2.24) is 5.43 Å². The van der Waals surface area contributed by atoms with Crippen LogP contribution in [-0.4, -0.2) is 19.2 Å². The number of carbonyl (C=O) groups is 1. The summed E-state index contributed by atoms with van der Waals surface area (Å²) in [4.78, 5) is 12.3. The second-order valence-electron chi connectivity index (χ2n) is 5.11. The van der Waals surface area contributed by atoms with Gasteiger partial charge in [0.15, 0.2) is 0 Å². The van der Waals surface area contributed by atoms with Gasteiger partial charge in [-0.25, -0.2) is 5.43 Å². The average Bonchev–Trinajstić information content (AvgIpc) is 2.61. The third-order valence-electron chi connectivity index (χ3n) is 3.60. The summed E-state index contributed by atoms with van der Waals surface area (Å²) in [6, 6.07) is 18.8. The molecule has 3 aromatic carbocycles. The molecule has 5 heteroatoms. The largest absolute Gasteiger partial charge is 0.496 e. The number of hydrogen-bond acceptors (Lipinski definition) is 3. The highest BCUT2D eigenvalue weighted by Crippen LogP contribution is 2.22. The molecule has 4 nitrogen and oxygen atoms in total. The number of hydrazone groups is 1.